The minimum absolute atomic E-state index is 0.0931. The van der Waals surface area contributed by atoms with Crippen molar-refractivity contribution in [2.75, 3.05) is 10.2 Å². The van der Waals surface area contributed by atoms with Crippen LogP contribution in [0.2, 0.25) is 0 Å². The largest absolute Gasteiger partial charge is 0.507 e. The molecule has 3 rings (SSSR count). The predicted molar refractivity (Wildman–Crippen MR) is 157 cm³/mol. The highest BCUT2D eigenvalue weighted by atomic mass is 16.3. The molecule has 4 nitrogen and oxygen atoms in total. The summed E-state index contributed by atoms with van der Waals surface area (Å²) in [6.45, 7) is 16.9. The van der Waals surface area contributed by atoms with Crippen LogP contribution in [0, 0.1) is 0 Å². The van der Waals surface area contributed by atoms with E-state index in [9.17, 15) is 9.90 Å². The van der Waals surface area contributed by atoms with Crippen LogP contribution in [0.1, 0.15) is 84.9 Å². The van der Waals surface area contributed by atoms with E-state index in [0.29, 0.717) is 18.6 Å². The van der Waals surface area contributed by atoms with Gasteiger partial charge in [-0.1, -0.05) is 78.8 Å². The fourth-order valence-corrected chi connectivity index (χ4v) is 4.57. The molecule has 1 atom stereocenters. The highest BCUT2D eigenvalue weighted by molar-refractivity contribution is 5.94. The fraction of sp³-hybridized carbons (Fsp3) is 0.424. The van der Waals surface area contributed by atoms with E-state index in [1.165, 1.54) is 0 Å². The summed E-state index contributed by atoms with van der Waals surface area (Å²) in [5.41, 5.74) is 5.50. The quantitative estimate of drug-likeness (QED) is 0.326. The van der Waals surface area contributed by atoms with Crippen molar-refractivity contribution in [2.45, 2.75) is 91.5 Å². The third-order valence-electron chi connectivity index (χ3n) is 6.92. The molecule has 3 aromatic rings. The molecule has 198 valence electrons. The van der Waals surface area contributed by atoms with Crippen LogP contribution >= 0.6 is 0 Å². The van der Waals surface area contributed by atoms with Crippen LogP contribution in [0.15, 0.2) is 66.7 Å². The van der Waals surface area contributed by atoms with Gasteiger partial charge in [-0.2, -0.15) is 0 Å². The monoisotopic (exact) mass is 500 g/mol. The van der Waals surface area contributed by atoms with Gasteiger partial charge in [0.15, 0.2) is 0 Å². The minimum Gasteiger partial charge on any atom is -0.507 e. The molecule has 0 aromatic heterocycles. The first-order chi connectivity index (χ1) is 17.3. The Labute approximate surface area is 223 Å². The second kappa shape index (κ2) is 11.4. The number of aryl methyl sites for hydroxylation is 1. The number of nitrogens with one attached hydrogen (secondary N) is 1. The zero-order valence-electron chi connectivity index (χ0n) is 23.9. The Morgan fingerprint density at radius 2 is 1.38 bits per heavy atom. The molecule has 0 radical (unpaired) electrons. The van der Waals surface area contributed by atoms with E-state index in [2.05, 4.69) is 72.8 Å². The molecular weight excluding hydrogens is 456 g/mol. The molecule has 1 unspecified atom stereocenters. The standard InChI is InChI=1S/C33H44N2O2/c1-9-23(2)35(27-18-16-26(17-19-27)34-25-13-11-10-12-14-25)30(36)20-15-24-21-28(32(3,4)5)31(37)29(22-24)33(6,7)8/h10-14,16-19,21-23,34,37H,9,15,20H2,1-8H3. The zero-order chi connectivity index (χ0) is 27.4. The topological polar surface area (TPSA) is 52.6 Å². The average Bonchev–Trinajstić information content (AvgIpc) is 2.83. The van der Waals surface area contributed by atoms with Gasteiger partial charge in [0.1, 0.15) is 5.75 Å². The van der Waals surface area contributed by atoms with Gasteiger partial charge < -0.3 is 15.3 Å². The maximum atomic E-state index is 13.6. The van der Waals surface area contributed by atoms with Gasteiger partial charge in [-0.05, 0) is 83.7 Å². The van der Waals surface area contributed by atoms with Crippen LogP contribution in [0.3, 0.4) is 0 Å². The third kappa shape index (κ3) is 7.15. The van der Waals surface area contributed by atoms with Crippen molar-refractivity contribution >= 4 is 23.0 Å². The first-order valence-corrected chi connectivity index (χ1v) is 13.4. The van der Waals surface area contributed by atoms with Crippen molar-refractivity contribution in [2.24, 2.45) is 0 Å². The summed E-state index contributed by atoms with van der Waals surface area (Å²) in [4.78, 5) is 15.5. The van der Waals surface area contributed by atoms with Crippen LogP contribution in [0.25, 0.3) is 0 Å². The SMILES string of the molecule is CCC(C)N(C(=O)CCc1cc(C(C)(C)C)c(O)c(C(C)(C)C)c1)c1ccc(Nc2ccccc2)cc1. The maximum Gasteiger partial charge on any atom is 0.227 e. The summed E-state index contributed by atoms with van der Waals surface area (Å²) < 4.78 is 0. The van der Waals surface area contributed by atoms with Crippen LogP contribution in [0.5, 0.6) is 5.75 Å². The number of aromatic hydroxyl groups is 1. The van der Waals surface area contributed by atoms with Crippen molar-refractivity contribution in [3.63, 3.8) is 0 Å². The summed E-state index contributed by atoms with van der Waals surface area (Å²) in [5.74, 6) is 0.487. The number of benzene rings is 3. The lowest BCUT2D eigenvalue weighted by molar-refractivity contribution is -0.119. The predicted octanol–water partition coefficient (Wildman–Crippen LogP) is 8.50. The van der Waals surface area contributed by atoms with Crippen LogP contribution in [-0.2, 0) is 22.0 Å². The molecule has 0 bridgehead atoms. The van der Waals surface area contributed by atoms with E-state index in [1.807, 2.05) is 59.5 Å². The summed E-state index contributed by atoms with van der Waals surface area (Å²) in [6, 6.07) is 22.4. The van der Waals surface area contributed by atoms with Gasteiger partial charge in [-0.25, -0.2) is 0 Å². The highest BCUT2D eigenvalue weighted by Crippen LogP contribution is 2.40. The molecule has 0 aliphatic carbocycles. The van der Waals surface area contributed by atoms with Crippen molar-refractivity contribution in [1.82, 2.24) is 0 Å². The number of nitrogens with zero attached hydrogens (tertiary/aromatic N) is 1. The Hall–Kier alpha value is -3.27. The van der Waals surface area contributed by atoms with Crippen molar-refractivity contribution in [3.05, 3.63) is 83.4 Å². The number of para-hydroxylation sites is 1. The van der Waals surface area contributed by atoms with Crippen molar-refractivity contribution in [3.8, 4) is 5.75 Å². The van der Waals surface area contributed by atoms with Crippen LogP contribution in [-0.4, -0.2) is 17.1 Å². The van der Waals surface area contributed by atoms with E-state index in [4.69, 9.17) is 0 Å². The number of phenolic OH excluding ortho intramolecular Hbond substituents is 1. The van der Waals surface area contributed by atoms with Gasteiger partial charge in [0.2, 0.25) is 5.91 Å². The van der Waals surface area contributed by atoms with Gasteiger partial charge in [-0.15, -0.1) is 0 Å². The number of anilines is 3. The van der Waals surface area contributed by atoms with E-state index >= 15 is 0 Å². The van der Waals surface area contributed by atoms with Gasteiger partial charge in [-0.3, -0.25) is 4.79 Å². The van der Waals surface area contributed by atoms with Gasteiger partial charge in [0.25, 0.3) is 0 Å². The number of carbonyl (C=O) groups is 1. The molecule has 4 heteroatoms. The zero-order valence-corrected chi connectivity index (χ0v) is 23.9. The Kier molecular flexibility index (Phi) is 8.73. The van der Waals surface area contributed by atoms with Gasteiger partial charge in [0, 0.05) is 29.5 Å². The summed E-state index contributed by atoms with van der Waals surface area (Å²) in [6.07, 6.45) is 1.91. The lowest BCUT2D eigenvalue weighted by Gasteiger charge is -2.30. The molecule has 0 saturated heterocycles. The Balaban J connectivity index is 1.82. The fourth-order valence-electron chi connectivity index (χ4n) is 4.57. The second-order valence-electron chi connectivity index (χ2n) is 12.1. The van der Waals surface area contributed by atoms with Crippen molar-refractivity contribution in [1.29, 1.82) is 0 Å². The Morgan fingerprint density at radius 1 is 0.865 bits per heavy atom. The molecule has 1 amide bonds. The lowest BCUT2D eigenvalue weighted by atomic mass is 9.78. The molecule has 0 fully saturated rings. The van der Waals surface area contributed by atoms with E-state index < -0.39 is 0 Å². The average molecular weight is 501 g/mol. The summed E-state index contributed by atoms with van der Waals surface area (Å²) in [5, 5.41) is 14.4. The number of hydrogen-bond donors (Lipinski definition) is 2. The second-order valence-corrected chi connectivity index (χ2v) is 12.1. The molecule has 0 aliphatic heterocycles. The lowest BCUT2D eigenvalue weighted by Crippen LogP contribution is -2.38. The Bertz CT molecular complexity index is 1150. The Morgan fingerprint density at radius 3 is 1.86 bits per heavy atom. The first kappa shape index (κ1) is 28.3. The van der Waals surface area contributed by atoms with Gasteiger partial charge in [0.05, 0.1) is 0 Å². The normalized spacial score (nSPS) is 12.8. The van der Waals surface area contributed by atoms with Gasteiger partial charge >= 0.3 is 0 Å². The smallest absolute Gasteiger partial charge is 0.227 e. The van der Waals surface area contributed by atoms with E-state index in [0.717, 1.165) is 40.2 Å². The van der Waals surface area contributed by atoms with Crippen LogP contribution < -0.4 is 10.2 Å². The molecule has 2 N–H and O–H groups in total. The number of hydrogen-bond acceptors (Lipinski definition) is 3. The maximum absolute atomic E-state index is 13.6. The van der Waals surface area contributed by atoms with E-state index in [1.54, 1.807) is 0 Å². The minimum atomic E-state index is -0.192. The molecule has 0 aliphatic rings. The first-order valence-electron chi connectivity index (χ1n) is 13.4. The summed E-state index contributed by atoms with van der Waals surface area (Å²) >= 11 is 0. The molecular formula is C33H44N2O2. The molecule has 0 heterocycles. The third-order valence-corrected chi connectivity index (χ3v) is 6.92. The number of amides is 1. The van der Waals surface area contributed by atoms with Crippen molar-refractivity contribution < 1.29 is 9.90 Å². The van der Waals surface area contributed by atoms with E-state index in [-0.39, 0.29) is 22.8 Å². The number of phenols is 1. The summed E-state index contributed by atoms with van der Waals surface area (Å²) in [7, 11) is 0. The number of rotatable bonds is 8. The molecule has 0 spiro atoms. The molecule has 37 heavy (non-hydrogen) atoms. The van der Waals surface area contributed by atoms with Crippen LogP contribution in [0.4, 0.5) is 17.1 Å². The highest BCUT2D eigenvalue weighted by Gasteiger charge is 2.27. The number of carbonyl (C=O) groups excluding carboxylic acids is 1. The molecule has 3 aromatic carbocycles. The molecule has 0 saturated carbocycles.